The maximum atomic E-state index is 14.0. The highest BCUT2D eigenvalue weighted by molar-refractivity contribution is 7.92. The fourth-order valence-corrected chi connectivity index (χ4v) is 5.54. The largest absolute Gasteiger partial charge is 0.497 e. The maximum Gasteiger partial charge on any atom is 0.264 e. The summed E-state index contributed by atoms with van der Waals surface area (Å²) in [5.74, 6) is 0.287. The first-order chi connectivity index (χ1) is 19.5. The average molecular weight is 582 g/mol. The molecule has 0 aliphatic heterocycles. The number of ether oxygens (including phenoxy) is 2. The lowest BCUT2D eigenvalue weighted by molar-refractivity contribution is -0.139. The monoisotopic (exact) mass is 581 g/mol. The van der Waals surface area contributed by atoms with Gasteiger partial charge in [0.05, 0.1) is 24.8 Å². The Hall–Kier alpha value is -4.05. The standard InChI is InChI=1S/C31H39N3O6S/c1-7-23(3)32-31(36)24(4)33(20-25-9-8-10-28(19-25)40-6)30(35)21-34(26-13-15-27(39-5)16-14-26)41(37,38)29-17-11-22(2)12-18-29/h8-19,23-24H,7,20-21H2,1-6H3,(H,32,36)/t23-,24+/m1/s1. The van der Waals surface area contributed by atoms with Gasteiger partial charge in [-0.1, -0.05) is 36.8 Å². The summed E-state index contributed by atoms with van der Waals surface area (Å²) in [6.45, 7) is 6.90. The first-order valence-corrected chi connectivity index (χ1v) is 14.9. The minimum Gasteiger partial charge on any atom is -0.497 e. The average Bonchev–Trinajstić information content (AvgIpc) is 2.98. The first-order valence-electron chi connectivity index (χ1n) is 13.5. The summed E-state index contributed by atoms with van der Waals surface area (Å²) in [6, 6.07) is 19.1. The molecule has 0 fully saturated rings. The molecule has 3 aromatic rings. The molecule has 3 aromatic carbocycles. The second-order valence-electron chi connectivity index (χ2n) is 9.89. The molecule has 0 aliphatic rings. The summed E-state index contributed by atoms with van der Waals surface area (Å²) in [6.07, 6.45) is 0.725. The van der Waals surface area contributed by atoms with Gasteiger partial charge >= 0.3 is 0 Å². The predicted octanol–water partition coefficient (Wildman–Crippen LogP) is 4.54. The number of amides is 2. The molecule has 0 bridgehead atoms. The van der Waals surface area contributed by atoms with Gasteiger partial charge in [0, 0.05) is 12.6 Å². The van der Waals surface area contributed by atoms with E-state index in [2.05, 4.69) is 5.32 Å². The number of sulfonamides is 1. The van der Waals surface area contributed by atoms with Gasteiger partial charge in [0.15, 0.2) is 0 Å². The summed E-state index contributed by atoms with van der Waals surface area (Å²) >= 11 is 0. The third-order valence-corrected chi connectivity index (χ3v) is 8.69. The molecule has 0 spiro atoms. The Kier molecular flexibility index (Phi) is 10.8. The van der Waals surface area contributed by atoms with E-state index in [9.17, 15) is 18.0 Å². The van der Waals surface area contributed by atoms with Crippen molar-refractivity contribution in [2.24, 2.45) is 0 Å². The number of methoxy groups -OCH3 is 2. The van der Waals surface area contributed by atoms with Crippen LogP contribution in [0.1, 0.15) is 38.3 Å². The van der Waals surface area contributed by atoms with E-state index >= 15 is 0 Å². The van der Waals surface area contributed by atoms with Crippen LogP contribution in [-0.2, 0) is 26.2 Å². The lowest BCUT2D eigenvalue weighted by atomic mass is 10.1. The molecule has 220 valence electrons. The Morgan fingerprint density at radius 1 is 0.902 bits per heavy atom. The van der Waals surface area contributed by atoms with Crippen LogP contribution in [0.2, 0.25) is 0 Å². The van der Waals surface area contributed by atoms with E-state index in [1.807, 2.05) is 26.8 Å². The summed E-state index contributed by atoms with van der Waals surface area (Å²) in [5, 5.41) is 2.93. The number of aryl methyl sites for hydroxylation is 1. The fraction of sp³-hybridized carbons (Fsp3) is 0.355. The molecule has 0 radical (unpaired) electrons. The number of hydrogen-bond donors (Lipinski definition) is 1. The van der Waals surface area contributed by atoms with Crippen molar-refractivity contribution in [1.82, 2.24) is 10.2 Å². The second-order valence-corrected chi connectivity index (χ2v) is 11.8. The van der Waals surface area contributed by atoms with E-state index in [0.29, 0.717) is 11.5 Å². The van der Waals surface area contributed by atoms with Gasteiger partial charge < -0.3 is 19.7 Å². The van der Waals surface area contributed by atoms with Gasteiger partial charge in [-0.2, -0.15) is 0 Å². The minimum atomic E-state index is -4.15. The van der Waals surface area contributed by atoms with Crippen LogP contribution in [0.25, 0.3) is 0 Å². The van der Waals surface area contributed by atoms with Crippen molar-refractivity contribution in [3.8, 4) is 11.5 Å². The first kappa shape index (κ1) is 31.5. The number of benzene rings is 3. The van der Waals surface area contributed by atoms with Gasteiger partial charge in [-0.25, -0.2) is 8.42 Å². The fourth-order valence-electron chi connectivity index (χ4n) is 4.13. The van der Waals surface area contributed by atoms with Crippen LogP contribution in [-0.4, -0.2) is 58.0 Å². The van der Waals surface area contributed by atoms with Crippen molar-refractivity contribution in [1.29, 1.82) is 0 Å². The van der Waals surface area contributed by atoms with Crippen molar-refractivity contribution in [3.63, 3.8) is 0 Å². The Labute approximate surface area is 243 Å². The van der Waals surface area contributed by atoms with Crippen LogP contribution in [0.3, 0.4) is 0 Å². The van der Waals surface area contributed by atoms with Gasteiger partial charge in [-0.15, -0.1) is 0 Å². The van der Waals surface area contributed by atoms with Crippen LogP contribution in [0.5, 0.6) is 11.5 Å². The van der Waals surface area contributed by atoms with Crippen LogP contribution in [0.15, 0.2) is 77.7 Å². The summed E-state index contributed by atoms with van der Waals surface area (Å²) < 4.78 is 39.5. The lowest BCUT2D eigenvalue weighted by Gasteiger charge is -2.32. The molecule has 0 aromatic heterocycles. The zero-order chi connectivity index (χ0) is 30.2. The molecule has 0 unspecified atom stereocenters. The number of nitrogens with zero attached hydrogens (tertiary/aromatic N) is 2. The predicted molar refractivity (Wildman–Crippen MR) is 160 cm³/mol. The Morgan fingerprint density at radius 2 is 1.54 bits per heavy atom. The number of carbonyl (C=O) groups excluding carboxylic acids is 2. The molecule has 2 atom stereocenters. The number of rotatable bonds is 13. The van der Waals surface area contributed by atoms with Crippen molar-refractivity contribution < 1.29 is 27.5 Å². The molecule has 41 heavy (non-hydrogen) atoms. The third kappa shape index (κ3) is 8.00. The molecule has 0 aliphatic carbocycles. The van der Waals surface area contributed by atoms with Crippen molar-refractivity contribution in [2.75, 3.05) is 25.1 Å². The zero-order valence-electron chi connectivity index (χ0n) is 24.5. The molecule has 9 nitrogen and oxygen atoms in total. The van der Waals surface area contributed by atoms with Crippen LogP contribution < -0.4 is 19.1 Å². The molecule has 0 saturated heterocycles. The Bertz CT molecular complexity index is 1420. The molecule has 0 saturated carbocycles. The van der Waals surface area contributed by atoms with Gasteiger partial charge in [-0.3, -0.25) is 13.9 Å². The highest BCUT2D eigenvalue weighted by atomic mass is 32.2. The molecular formula is C31H39N3O6S. The van der Waals surface area contributed by atoms with E-state index in [1.54, 1.807) is 68.6 Å². The Balaban J connectivity index is 2.04. The van der Waals surface area contributed by atoms with Crippen molar-refractivity contribution in [2.45, 2.75) is 57.6 Å². The van der Waals surface area contributed by atoms with Gasteiger partial charge in [0.25, 0.3) is 10.0 Å². The summed E-state index contributed by atoms with van der Waals surface area (Å²) in [4.78, 5) is 28.6. The van der Waals surface area contributed by atoms with Gasteiger partial charge in [0.1, 0.15) is 24.1 Å². The zero-order valence-corrected chi connectivity index (χ0v) is 25.3. The smallest absolute Gasteiger partial charge is 0.264 e. The molecule has 3 rings (SSSR count). The lowest BCUT2D eigenvalue weighted by Crippen LogP contribution is -2.52. The number of carbonyl (C=O) groups is 2. The van der Waals surface area contributed by atoms with Crippen LogP contribution in [0, 0.1) is 6.92 Å². The molecule has 1 N–H and O–H groups in total. The molecular weight excluding hydrogens is 542 g/mol. The highest BCUT2D eigenvalue weighted by Crippen LogP contribution is 2.27. The van der Waals surface area contributed by atoms with E-state index in [4.69, 9.17) is 9.47 Å². The van der Waals surface area contributed by atoms with E-state index < -0.39 is 28.5 Å². The van der Waals surface area contributed by atoms with Crippen LogP contribution in [0.4, 0.5) is 5.69 Å². The summed E-state index contributed by atoms with van der Waals surface area (Å²) in [7, 11) is -1.08. The normalized spacial score (nSPS) is 12.6. The quantitative estimate of drug-likeness (QED) is 0.318. The van der Waals surface area contributed by atoms with Crippen LogP contribution >= 0.6 is 0 Å². The second kappa shape index (κ2) is 14.0. The Morgan fingerprint density at radius 3 is 2.12 bits per heavy atom. The SMILES string of the molecule is CC[C@@H](C)NC(=O)[C@H](C)N(Cc1cccc(OC)c1)C(=O)CN(c1ccc(OC)cc1)S(=O)(=O)c1ccc(C)cc1. The van der Waals surface area contributed by atoms with E-state index in [1.165, 1.54) is 24.1 Å². The topological polar surface area (TPSA) is 105 Å². The molecule has 0 heterocycles. The summed E-state index contributed by atoms with van der Waals surface area (Å²) in [5.41, 5.74) is 1.93. The minimum absolute atomic E-state index is 0.0497. The van der Waals surface area contributed by atoms with Crippen molar-refractivity contribution in [3.05, 3.63) is 83.9 Å². The third-order valence-electron chi connectivity index (χ3n) is 6.90. The van der Waals surface area contributed by atoms with Crippen molar-refractivity contribution >= 4 is 27.5 Å². The van der Waals surface area contributed by atoms with Gasteiger partial charge in [-0.05, 0) is 81.3 Å². The highest BCUT2D eigenvalue weighted by Gasteiger charge is 2.33. The number of nitrogens with one attached hydrogen (secondary N) is 1. The molecule has 2 amide bonds. The number of anilines is 1. The number of hydrogen-bond acceptors (Lipinski definition) is 6. The molecule has 10 heteroatoms. The maximum absolute atomic E-state index is 14.0. The van der Waals surface area contributed by atoms with E-state index in [0.717, 1.165) is 21.9 Å². The van der Waals surface area contributed by atoms with Gasteiger partial charge in [0.2, 0.25) is 11.8 Å². The van der Waals surface area contributed by atoms with E-state index in [-0.39, 0.29) is 29.1 Å².